The Morgan fingerprint density at radius 2 is 2.21 bits per heavy atom. The lowest BCUT2D eigenvalue weighted by Gasteiger charge is -2.43. The van der Waals surface area contributed by atoms with Gasteiger partial charge in [-0.2, -0.15) is 5.26 Å². The lowest BCUT2D eigenvalue weighted by atomic mass is 9.84. The van der Waals surface area contributed by atoms with Crippen molar-refractivity contribution < 1.29 is 9.84 Å². The van der Waals surface area contributed by atoms with E-state index >= 15 is 0 Å². The number of piperidine rings is 1. The minimum Gasteiger partial charge on any atom is -0.504 e. The van der Waals surface area contributed by atoms with Crippen LogP contribution in [0.15, 0.2) is 30.3 Å². The van der Waals surface area contributed by atoms with Crippen LogP contribution in [-0.4, -0.2) is 35.2 Å². The monoisotopic (exact) mass is 375 g/mol. The first-order chi connectivity index (χ1) is 13.7. The standard InChI is InChI=1S/C23H25N3O2/c24-13-12-17-6-3-9-21(27)22(17)28-23-19-8-2-1-5-16(19)10-11-20(23)26-14-4-7-18(25)15-26/h1,3,5-6,9,18,20,23,27H,4,7,10-12,14-15,25H2/t18-,20+,23+/m1/s1. The molecule has 0 amide bonds. The average molecular weight is 375 g/mol. The van der Waals surface area contributed by atoms with E-state index in [9.17, 15) is 5.11 Å². The van der Waals surface area contributed by atoms with Crippen LogP contribution in [0.1, 0.15) is 42.1 Å². The van der Waals surface area contributed by atoms with E-state index in [-0.39, 0.29) is 30.4 Å². The van der Waals surface area contributed by atoms with Crippen molar-refractivity contribution in [2.24, 2.45) is 5.73 Å². The summed E-state index contributed by atoms with van der Waals surface area (Å²) in [6.07, 6.45) is 3.96. The molecule has 144 valence electrons. The summed E-state index contributed by atoms with van der Waals surface area (Å²) in [6.45, 7) is 1.85. The molecule has 1 heterocycles. The summed E-state index contributed by atoms with van der Waals surface area (Å²) in [6, 6.07) is 17.9. The summed E-state index contributed by atoms with van der Waals surface area (Å²) in [5.74, 6) is 0.458. The number of nitriles is 1. The smallest absolute Gasteiger partial charge is 0.166 e. The van der Waals surface area contributed by atoms with E-state index in [4.69, 9.17) is 15.7 Å². The van der Waals surface area contributed by atoms with Crippen LogP contribution in [0.2, 0.25) is 0 Å². The fraction of sp³-hybridized carbons (Fsp3) is 0.435. The highest BCUT2D eigenvalue weighted by atomic mass is 16.5. The van der Waals surface area contributed by atoms with Crippen LogP contribution >= 0.6 is 0 Å². The highest BCUT2D eigenvalue weighted by molar-refractivity contribution is 5.47. The van der Waals surface area contributed by atoms with E-state index in [0.717, 1.165) is 44.3 Å². The Bertz CT molecular complexity index is 876. The largest absolute Gasteiger partial charge is 0.504 e. The van der Waals surface area contributed by atoms with Crippen LogP contribution in [0.5, 0.6) is 11.5 Å². The maximum absolute atomic E-state index is 10.4. The number of nitrogens with zero attached hydrogens (tertiary/aromatic N) is 2. The second-order valence-corrected chi connectivity index (χ2v) is 7.68. The van der Waals surface area contributed by atoms with Crippen molar-refractivity contribution in [3.8, 4) is 17.6 Å². The molecule has 1 aliphatic carbocycles. The number of benzene rings is 1. The van der Waals surface area contributed by atoms with Gasteiger partial charge in [-0.15, -0.1) is 0 Å². The Morgan fingerprint density at radius 3 is 3.04 bits per heavy atom. The van der Waals surface area contributed by atoms with Gasteiger partial charge in [0, 0.05) is 23.7 Å². The summed E-state index contributed by atoms with van der Waals surface area (Å²) in [4.78, 5) is 2.42. The zero-order valence-corrected chi connectivity index (χ0v) is 15.9. The molecule has 3 N–H and O–H groups in total. The Balaban J connectivity index is 1.71. The maximum atomic E-state index is 10.4. The number of para-hydroxylation sites is 1. The molecule has 0 aromatic heterocycles. The molecule has 28 heavy (non-hydrogen) atoms. The zero-order valence-electron chi connectivity index (χ0n) is 15.9. The molecule has 2 aromatic rings. The van der Waals surface area contributed by atoms with Crippen molar-refractivity contribution in [1.82, 2.24) is 4.90 Å². The van der Waals surface area contributed by atoms with Gasteiger partial charge in [0.1, 0.15) is 6.10 Å². The molecule has 2 aliphatic rings. The summed E-state index contributed by atoms with van der Waals surface area (Å²) < 4.78 is 6.46. The zero-order chi connectivity index (χ0) is 19.5. The van der Waals surface area contributed by atoms with Crippen molar-refractivity contribution >= 4 is 0 Å². The Labute approximate surface area is 166 Å². The molecular weight excluding hydrogens is 350 g/mol. The molecule has 0 unspecified atom stereocenters. The third kappa shape index (κ3) is 3.64. The van der Waals surface area contributed by atoms with Gasteiger partial charge in [0.05, 0.1) is 18.5 Å². The van der Waals surface area contributed by atoms with E-state index in [0.29, 0.717) is 11.3 Å². The number of likely N-dealkylation sites (tertiary alicyclic amines) is 1. The van der Waals surface area contributed by atoms with Gasteiger partial charge in [0.2, 0.25) is 0 Å². The summed E-state index contributed by atoms with van der Waals surface area (Å²) >= 11 is 0. The first kappa shape index (κ1) is 18.6. The van der Waals surface area contributed by atoms with Crippen LogP contribution in [0.3, 0.4) is 0 Å². The summed E-state index contributed by atoms with van der Waals surface area (Å²) in [7, 11) is 0. The fourth-order valence-corrected chi connectivity index (χ4v) is 4.46. The molecule has 5 heteroatoms. The van der Waals surface area contributed by atoms with Crippen molar-refractivity contribution in [3.63, 3.8) is 0 Å². The van der Waals surface area contributed by atoms with E-state index in [1.807, 2.05) is 12.1 Å². The Kier molecular flexibility index (Phi) is 5.39. The predicted octanol–water partition coefficient (Wildman–Crippen LogP) is 2.92. The highest BCUT2D eigenvalue weighted by Gasteiger charge is 2.37. The number of hydrogen-bond acceptors (Lipinski definition) is 5. The van der Waals surface area contributed by atoms with Crippen LogP contribution in [0, 0.1) is 23.5 Å². The second-order valence-electron chi connectivity index (χ2n) is 7.68. The van der Waals surface area contributed by atoms with Crippen molar-refractivity contribution in [2.45, 2.75) is 50.3 Å². The summed E-state index contributed by atoms with van der Waals surface area (Å²) in [5.41, 5.74) is 9.13. The first-order valence-electron chi connectivity index (χ1n) is 9.92. The van der Waals surface area contributed by atoms with E-state index in [1.54, 1.807) is 12.1 Å². The minimum absolute atomic E-state index is 0.0638. The number of aryl methyl sites for hydroxylation is 1. The minimum atomic E-state index is -0.280. The van der Waals surface area contributed by atoms with Gasteiger partial charge < -0.3 is 15.6 Å². The maximum Gasteiger partial charge on any atom is 0.166 e. The number of aromatic hydroxyl groups is 1. The number of phenolic OH excluding ortho intramolecular Hbond substituents is 1. The molecule has 0 bridgehead atoms. The molecule has 0 spiro atoms. The van der Waals surface area contributed by atoms with Crippen LogP contribution in [0.25, 0.3) is 0 Å². The molecular formula is C23H25N3O2. The quantitative estimate of drug-likeness (QED) is 0.859. The van der Waals surface area contributed by atoms with Crippen LogP contribution < -0.4 is 10.5 Å². The van der Waals surface area contributed by atoms with Crippen molar-refractivity contribution in [2.75, 3.05) is 13.1 Å². The molecule has 2 aromatic carbocycles. The van der Waals surface area contributed by atoms with Crippen LogP contribution in [-0.2, 0) is 12.8 Å². The van der Waals surface area contributed by atoms with Gasteiger partial charge in [0.25, 0.3) is 0 Å². The van der Waals surface area contributed by atoms with Gasteiger partial charge in [-0.3, -0.25) is 4.90 Å². The van der Waals surface area contributed by atoms with Gasteiger partial charge in [0.15, 0.2) is 11.5 Å². The predicted molar refractivity (Wildman–Crippen MR) is 106 cm³/mol. The summed E-state index contributed by atoms with van der Waals surface area (Å²) in [5, 5.41) is 19.6. The third-order valence-corrected chi connectivity index (χ3v) is 5.81. The molecule has 1 aliphatic heterocycles. The third-order valence-electron chi connectivity index (χ3n) is 5.81. The highest BCUT2D eigenvalue weighted by Crippen LogP contribution is 2.40. The number of rotatable bonds is 4. The number of nitrogens with two attached hydrogens (primary N) is 1. The van der Waals surface area contributed by atoms with Gasteiger partial charge in [-0.05, 0) is 56.0 Å². The fourth-order valence-electron chi connectivity index (χ4n) is 4.46. The molecule has 4 rings (SSSR count). The van der Waals surface area contributed by atoms with Crippen LogP contribution in [0.4, 0.5) is 0 Å². The molecule has 0 saturated carbocycles. The van der Waals surface area contributed by atoms with Gasteiger partial charge in [-0.25, -0.2) is 0 Å². The lowest BCUT2D eigenvalue weighted by molar-refractivity contribution is 0.0350. The van der Waals surface area contributed by atoms with Gasteiger partial charge >= 0.3 is 0 Å². The molecule has 0 radical (unpaired) electrons. The first-order valence-corrected chi connectivity index (χ1v) is 9.92. The Hall–Kier alpha value is -2.73. The number of phenols is 1. The number of hydrogen-bond donors (Lipinski definition) is 2. The normalized spacial score (nSPS) is 24.6. The Morgan fingerprint density at radius 1 is 1.32 bits per heavy atom. The SMILES string of the molecule is N#CCc1cccc(O)c1O[C@H]1c2c#cccc2CC[C@@H]1N1CCC[C@@H](N)C1. The van der Waals surface area contributed by atoms with E-state index < -0.39 is 0 Å². The molecule has 1 fully saturated rings. The van der Waals surface area contributed by atoms with Gasteiger partial charge in [-0.1, -0.05) is 24.3 Å². The molecule has 1 saturated heterocycles. The molecule has 3 atom stereocenters. The molecule has 5 nitrogen and oxygen atoms in total. The number of fused-ring (bicyclic) bond motifs is 1. The lowest BCUT2D eigenvalue weighted by Crippen LogP contribution is -2.51. The van der Waals surface area contributed by atoms with Crippen molar-refractivity contribution in [3.05, 3.63) is 59.2 Å². The average Bonchev–Trinajstić information content (AvgIpc) is 2.70. The van der Waals surface area contributed by atoms with E-state index in [2.05, 4.69) is 29.2 Å². The van der Waals surface area contributed by atoms with Crippen molar-refractivity contribution in [1.29, 1.82) is 5.26 Å². The topological polar surface area (TPSA) is 82.5 Å². The van der Waals surface area contributed by atoms with E-state index in [1.165, 1.54) is 5.56 Å². The number of ether oxygens (including phenoxy) is 1. The second kappa shape index (κ2) is 8.10.